The Labute approximate surface area is 120 Å². The van der Waals surface area contributed by atoms with E-state index < -0.39 is 34.6 Å². The van der Waals surface area contributed by atoms with Crippen LogP contribution in [0, 0.1) is 5.92 Å². The van der Waals surface area contributed by atoms with Gasteiger partial charge < -0.3 is 20.1 Å². The Morgan fingerprint density at radius 2 is 2.15 bits per heavy atom. The van der Waals surface area contributed by atoms with Crippen LogP contribution in [-0.2, 0) is 14.3 Å². The van der Waals surface area contributed by atoms with Crippen molar-refractivity contribution in [1.82, 2.24) is 0 Å². The first-order valence-electron chi connectivity index (χ1n) is 6.40. The number of hydrogen-bond acceptors (Lipinski definition) is 6. The van der Waals surface area contributed by atoms with E-state index in [0.29, 0.717) is 6.61 Å². The third kappa shape index (κ3) is 2.97. The second-order valence-electron chi connectivity index (χ2n) is 4.92. The van der Waals surface area contributed by atoms with E-state index >= 15 is 0 Å². The topological polar surface area (TPSA) is 116 Å². The van der Waals surface area contributed by atoms with Crippen LogP contribution in [0.4, 0.5) is 0 Å². The number of aliphatic imine (C=N–C) groups is 1. The average Bonchev–Trinajstić information content (AvgIpc) is 2.94. The van der Waals surface area contributed by atoms with Gasteiger partial charge in [0.25, 0.3) is 0 Å². The number of carbonyl (C=O) groups is 2. The number of ether oxygens (including phenoxy) is 1. The second-order valence-corrected chi connectivity index (χ2v) is 6.19. The van der Waals surface area contributed by atoms with Crippen LogP contribution < -0.4 is 0 Å². The standard InChI is InChI=1S/C12H17NO6S/c1-5(14)7(11(15)16)10-13-8(12(17)18)9(20-10)6-3-2-4-19-6/h5-7,9-10,14H,2-4H2,1H3,(H,15,16)(H,17,18)/t5-,6-,7-,9-,10-/m1/s1. The largest absolute Gasteiger partial charge is 0.481 e. The third-order valence-electron chi connectivity index (χ3n) is 3.46. The lowest BCUT2D eigenvalue weighted by molar-refractivity contribution is -0.145. The van der Waals surface area contributed by atoms with Crippen LogP contribution in [0.15, 0.2) is 4.99 Å². The molecule has 1 saturated heterocycles. The van der Waals surface area contributed by atoms with E-state index in [1.165, 1.54) is 6.92 Å². The number of nitrogens with zero attached hydrogens (tertiary/aromatic N) is 1. The zero-order valence-electron chi connectivity index (χ0n) is 10.9. The summed E-state index contributed by atoms with van der Waals surface area (Å²) in [6, 6.07) is 0. The number of aliphatic carboxylic acids is 2. The Morgan fingerprint density at radius 3 is 2.60 bits per heavy atom. The Hall–Kier alpha value is -1.12. The first-order valence-corrected chi connectivity index (χ1v) is 7.35. The molecular formula is C12H17NO6S. The molecule has 7 nitrogen and oxygen atoms in total. The molecule has 2 rings (SSSR count). The van der Waals surface area contributed by atoms with Crippen LogP contribution in [0.2, 0.25) is 0 Å². The van der Waals surface area contributed by atoms with E-state index in [1.807, 2.05) is 0 Å². The lowest BCUT2D eigenvalue weighted by atomic mass is 10.0. The molecule has 0 amide bonds. The molecular weight excluding hydrogens is 286 g/mol. The number of carboxylic acid groups (broad SMARTS) is 2. The zero-order chi connectivity index (χ0) is 14.9. The summed E-state index contributed by atoms with van der Waals surface area (Å²) >= 11 is 1.16. The van der Waals surface area contributed by atoms with E-state index in [0.717, 1.165) is 24.6 Å². The number of aliphatic hydroxyl groups excluding tert-OH is 1. The van der Waals surface area contributed by atoms with Gasteiger partial charge in [0.15, 0.2) is 0 Å². The molecule has 0 unspecified atom stereocenters. The summed E-state index contributed by atoms with van der Waals surface area (Å²) in [6.07, 6.45) is 0.247. The van der Waals surface area contributed by atoms with Gasteiger partial charge in [-0.25, -0.2) is 4.79 Å². The van der Waals surface area contributed by atoms with Gasteiger partial charge in [0, 0.05) is 6.61 Å². The minimum absolute atomic E-state index is 0.0567. The average molecular weight is 303 g/mol. The molecule has 112 valence electrons. The van der Waals surface area contributed by atoms with Gasteiger partial charge in [-0.15, -0.1) is 11.8 Å². The summed E-state index contributed by atoms with van der Waals surface area (Å²) in [7, 11) is 0. The Morgan fingerprint density at radius 1 is 1.45 bits per heavy atom. The van der Waals surface area contributed by atoms with Crippen LogP contribution in [0.25, 0.3) is 0 Å². The van der Waals surface area contributed by atoms with Crippen LogP contribution in [0.3, 0.4) is 0 Å². The number of hydrogen-bond donors (Lipinski definition) is 3. The lowest BCUT2D eigenvalue weighted by Crippen LogP contribution is -2.34. The van der Waals surface area contributed by atoms with Crippen molar-refractivity contribution in [2.24, 2.45) is 10.9 Å². The van der Waals surface area contributed by atoms with Gasteiger partial charge in [0.05, 0.1) is 17.5 Å². The molecule has 1 fully saturated rings. The SMILES string of the molecule is C[C@@H](O)[C@@H](C(=O)O)[C@@H]1N=C(C(=O)O)[C@@H]([C@H]2CCCO2)S1. The number of aliphatic hydroxyl groups is 1. The fourth-order valence-corrected chi connectivity index (χ4v) is 4.14. The summed E-state index contributed by atoms with van der Waals surface area (Å²) in [6.45, 7) is 1.95. The van der Waals surface area contributed by atoms with E-state index in [9.17, 15) is 19.8 Å². The number of carboxylic acids is 2. The summed E-state index contributed by atoms with van der Waals surface area (Å²) in [4.78, 5) is 26.5. The van der Waals surface area contributed by atoms with Gasteiger partial charge in [0.2, 0.25) is 0 Å². The number of rotatable bonds is 5. The highest BCUT2D eigenvalue weighted by Crippen LogP contribution is 2.39. The van der Waals surface area contributed by atoms with Gasteiger partial charge in [-0.1, -0.05) is 0 Å². The fourth-order valence-electron chi connectivity index (χ4n) is 2.47. The third-order valence-corrected chi connectivity index (χ3v) is 4.95. The monoisotopic (exact) mass is 303 g/mol. The molecule has 2 aliphatic heterocycles. The summed E-state index contributed by atoms with van der Waals surface area (Å²) in [5.41, 5.74) is -0.0567. The summed E-state index contributed by atoms with van der Waals surface area (Å²) < 4.78 is 5.49. The first kappa shape index (κ1) is 15.3. The van der Waals surface area contributed by atoms with Crippen molar-refractivity contribution in [2.45, 2.75) is 42.6 Å². The first-order chi connectivity index (χ1) is 9.41. The van der Waals surface area contributed by atoms with Gasteiger partial charge in [-0.3, -0.25) is 9.79 Å². The normalized spacial score (nSPS) is 32.7. The van der Waals surface area contributed by atoms with Crippen LogP contribution in [0.1, 0.15) is 19.8 Å². The fraction of sp³-hybridized carbons (Fsp3) is 0.750. The highest BCUT2D eigenvalue weighted by Gasteiger charge is 2.45. The predicted octanol–water partition coefficient (Wildman–Crippen LogP) is 0.214. The van der Waals surface area contributed by atoms with E-state index in [1.54, 1.807) is 0 Å². The maximum absolute atomic E-state index is 11.3. The molecule has 8 heteroatoms. The molecule has 0 spiro atoms. The van der Waals surface area contributed by atoms with Crippen molar-refractivity contribution < 1.29 is 29.6 Å². The van der Waals surface area contributed by atoms with Gasteiger partial charge in [0.1, 0.15) is 17.0 Å². The molecule has 3 N–H and O–H groups in total. The molecule has 0 aliphatic carbocycles. The maximum atomic E-state index is 11.3. The van der Waals surface area contributed by atoms with Crippen LogP contribution >= 0.6 is 11.8 Å². The summed E-state index contributed by atoms with van der Waals surface area (Å²) in [5, 5.41) is 26.7. The van der Waals surface area contributed by atoms with Gasteiger partial charge in [-0.2, -0.15) is 0 Å². The molecule has 20 heavy (non-hydrogen) atoms. The van der Waals surface area contributed by atoms with E-state index in [-0.39, 0.29) is 11.8 Å². The van der Waals surface area contributed by atoms with Crippen molar-refractivity contribution in [2.75, 3.05) is 6.61 Å². The Balaban J connectivity index is 2.21. The van der Waals surface area contributed by atoms with E-state index in [4.69, 9.17) is 9.84 Å². The van der Waals surface area contributed by atoms with Gasteiger partial charge in [-0.05, 0) is 19.8 Å². The second kappa shape index (κ2) is 6.11. The Kier molecular flexibility index (Phi) is 4.66. The Bertz CT molecular complexity index is 432. The molecule has 0 aromatic carbocycles. The molecule has 0 bridgehead atoms. The van der Waals surface area contributed by atoms with Gasteiger partial charge >= 0.3 is 11.9 Å². The predicted molar refractivity (Wildman–Crippen MR) is 72.0 cm³/mol. The molecule has 0 aromatic rings. The zero-order valence-corrected chi connectivity index (χ0v) is 11.7. The van der Waals surface area contributed by atoms with Crippen molar-refractivity contribution in [1.29, 1.82) is 0 Å². The van der Waals surface area contributed by atoms with E-state index in [2.05, 4.69) is 4.99 Å². The molecule has 5 atom stereocenters. The van der Waals surface area contributed by atoms with Crippen molar-refractivity contribution in [3.8, 4) is 0 Å². The molecule has 2 heterocycles. The van der Waals surface area contributed by atoms with Crippen molar-refractivity contribution in [3.63, 3.8) is 0 Å². The van der Waals surface area contributed by atoms with Crippen molar-refractivity contribution in [3.05, 3.63) is 0 Å². The van der Waals surface area contributed by atoms with Crippen molar-refractivity contribution >= 4 is 29.4 Å². The number of thioether (sulfide) groups is 1. The minimum atomic E-state index is -1.18. The smallest absolute Gasteiger partial charge is 0.351 e. The lowest BCUT2D eigenvalue weighted by Gasteiger charge is -2.22. The summed E-state index contributed by atoms with van der Waals surface area (Å²) in [5.74, 6) is -3.46. The highest BCUT2D eigenvalue weighted by molar-refractivity contribution is 8.01. The molecule has 0 aromatic heterocycles. The molecule has 0 saturated carbocycles. The minimum Gasteiger partial charge on any atom is -0.481 e. The molecule has 2 aliphatic rings. The maximum Gasteiger partial charge on any atom is 0.351 e. The van der Waals surface area contributed by atoms with Crippen LogP contribution in [0.5, 0.6) is 0 Å². The highest BCUT2D eigenvalue weighted by atomic mass is 32.2. The molecule has 0 radical (unpaired) electrons. The quantitative estimate of drug-likeness (QED) is 0.665. The van der Waals surface area contributed by atoms with Crippen LogP contribution in [-0.4, -0.2) is 62.4 Å².